The van der Waals surface area contributed by atoms with Crippen LogP contribution in [-0.4, -0.2) is 17.1 Å². The number of nitrogens with one attached hydrogen (secondary N) is 1. The molecule has 4 aliphatic carbocycles. The molecule has 1 aromatic heterocycles. The highest BCUT2D eigenvalue weighted by molar-refractivity contribution is 5.96. The van der Waals surface area contributed by atoms with E-state index in [1.165, 1.54) is 49.5 Å². The number of hydrogen-bond donors (Lipinski definition) is 1. The topological polar surface area (TPSA) is 54.4 Å². The number of pyridine rings is 1. The number of aromatic nitrogens is 1. The monoisotopic (exact) mass is 389 g/mol. The molecular formula is C25H31N3O. The van der Waals surface area contributed by atoms with E-state index < -0.39 is 0 Å². The molecule has 6 rings (SSSR count). The number of hydrazone groups is 1. The fourth-order valence-electron chi connectivity index (χ4n) is 6.51. The van der Waals surface area contributed by atoms with Crippen molar-refractivity contribution in [2.75, 3.05) is 0 Å². The van der Waals surface area contributed by atoms with Crippen LogP contribution in [0.4, 0.5) is 0 Å². The number of para-hydroxylation sites is 1. The van der Waals surface area contributed by atoms with Crippen molar-refractivity contribution in [3.8, 4) is 0 Å². The number of hydrogen-bond acceptors (Lipinski definition) is 3. The van der Waals surface area contributed by atoms with Gasteiger partial charge in [-0.25, -0.2) is 10.4 Å². The standard InChI is InChI=1S/C25H31N3O/c1-24(2,3)15-26-28-23(29)22-11-20(19-6-4-5-7-21(19)27-22)25-12-16-8-17(13-25)10-18(9-16)14-25/h4-7,11,15-18H,8-10,12-14H2,1-3H3,(H,28,29)/b26-15+. The Morgan fingerprint density at radius 1 is 1.10 bits per heavy atom. The van der Waals surface area contributed by atoms with E-state index in [0.717, 1.165) is 23.3 Å². The maximum atomic E-state index is 12.9. The molecule has 0 atom stereocenters. The summed E-state index contributed by atoms with van der Waals surface area (Å²) < 4.78 is 0. The molecule has 1 aromatic carbocycles. The first kappa shape index (κ1) is 18.8. The van der Waals surface area contributed by atoms with Crippen molar-refractivity contribution < 1.29 is 4.79 Å². The Morgan fingerprint density at radius 2 is 1.72 bits per heavy atom. The molecule has 0 aliphatic heterocycles. The molecule has 152 valence electrons. The van der Waals surface area contributed by atoms with Crippen LogP contribution in [0.1, 0.15) is 75.3 Å². The van der Waals surface area contributed by atoms with E-state index in [9.17, 15) is 4.79 Å². The van der Waals surface area contributed by atoms with Gasteiger partial charge in [0.2, 0.25) is 0 Å². The predicted molar refractivity (Wildman–Crippen MR) is 117 cm³/mol. The van der Waals surface area contributed by atoms with Gasteiger partial charge in [-0.05, 0) is 84.8 Å². The molecule has 0 unspecified atom stereocenters. The number of carbonyl (C=O) groups is 1. The van der Waals surface area contributed by atoms with Gasteiger partial charge in [0.1, 0.15) is 5.69 Å². The summed E-state index contributed by atoms with van der Waals surface area (Å²) in [5, 5.41) is 5.38. The van der Waals surface area contributed by atoms with Gasteiger partial charge in [-0.2, -0.15) is 5.10 Å². The van der Waals surface area contributed by atoms with E-state index >= 15 is 0 Å². The van der Waals surface area contributed by atoms with E-state index in [1.807, 2.05) is 12.1 Å². The Balaban J connectivity index is 1.55. The summed E-state index contributed by atoms with van der Waals surface area (Å²) in [6.45, 7) is 6.17. The number of nitrogens with zero attached hydrogens (tertiary/aromatic N) is 2. The molecule has 1 heterocycles. The molecule has 1 N–H and O–H groups in total. The summed E-state index contributed by atoms with van der Waals surface area (Å²) in [6, 6.07) is 10.4. The van der Waals surface area contributed by atoms with Crippen molar-refractivity contribution in [2.45, 2.75) is 64.7 Å². The van der Waals surface area contributed by atoms with Crippen LogP contribution in [0.15, 0.2) is 35.4 Å². The van der Waals surface area contributed by atoms with Gasteiger partial charge in [-0.1, -0.05) is 39.0 Å². The third-order valence-corrected chi connectivity index (χ3v) is 7.18. The second-order valence-corrected chi connectivity index (χ2v) is 10.8. The fraction of sp³-hybridized carbons (Fsp3) is 0.560. The van der Waals surface area contributed by atoms with Gasteiger partial charge in [0.25, 0.3) is 5.91 Å². The van der Waals surface area contributed by atoms with Gasteiger partial charge in [0.05, 0.1) is 5.52 Å². The molecule has 0 spiro atoms. The quantitative estimate of drug-likeness (QED) is 0.559. The normalized spacial score (nSPS) is 30.9. The number of amides is 1. The summed E-state index contributed by atoms with van der Waals surface area (Å²) in [7, 11) is 0. The molecule has 1 amide bonds. The van der Waals surface area contributed by atoms with Gasteiger partial charge >= 0.3 is 0 Å². The van der Waals surface area contributed by atoms with Crippen molar-refractivity contribution >= 4 is 23.0 Å². The maximum Gasteiger partial charge on any atom is 0.289 e. The number of fused-ring (bicyclic) bond motifs is 1. The van der Waals surface area contributed by atoms with Crippen molar-refractivity contribution in [1.29, 1.82) is 0 Å². The van der Waals surface area contributed by atoms with E-state index in [1.54, 1.807) is 6.21 Å². The highest BCUT2D eigenvalue weighted by Crippen LogP contribution is 2.61. The summed E-state index contributed by atoms with van der Waals surface area (Å²) in [4.78, 5) is 17.6. The third-order valence-electron chi connectivity index (χ3n) is 7.18. The molecular weight excluding hydrogens is 358 g/mol. The van der Waals surface area contributed by atoms with Crippen molar-refractivity contribution in [3.63, 3.8) is 0 Å². The van der Waals surface area contributed by atoms with Crippen molar-refractivity contribution in [2.24, 2.45) is 28.3 Å². The van der Waals surface area contributed by atoms with Crippen LogP contribution in [0.25, 0.3) is 10.9 Å². The average molecular weight is 390 g/mol. The van der Waals surface area contributed by atoms with Gasteiger partial charge < -0.3 is 0 Å². The molecule has 4 nitrogen and oxygen atoms in total. The minimum Gasteiger partial charge on any atom is -0.266 e. The molecule has 2 aromatic rings. The van der Waals surface area contributed by atoms with E-state index in [0.29, 0.717) is 5.69 Å². The van der Waals surface area contributed by atoms with Crippen LogP contribution < -0.4 is 5.43 Å². The average Bonchev–Trinajstić information content (AvgIpc) is 2.65. The van der Waals surface area contributed by atoms with E-state index in [4.69, 9.17) is 4.98 Å². The highest BCUT2D eigenvalue weighted by Gasteiger charge is 2.52. The zero-order valence-corrected chi connectivity index (χ0v) is 17.7. The lowest BCUT2D eigenvalue weighted by atomic mass is 9.48. The first-order chi connectivity index (χ1) is 13.8. The fourth-order valence-corrected chi connectivity index (χ4v) is 6.51. The highest BCUT2D eigenvalue weighted by atomic mass is 16.2. The molecule has 4 bridgehead atoms. The second-order valence-electron chi connectivity index (χ2n) is 10.8. The van der Waals surface area contributed by atoms with Gasteiger partial charge in [-0.3, -0.25) is 4.79 Å². The number of carbonyl (C=O) groups excluding carboxylic acids is 1. The Labute approximate surface area is 173 Å². The lowest BCUT2D eigenvalue weighted by Crippen LogP contribution is -2.48. The molecule has 4 heteroatoms. The number of rotatable bonds is 3. The maximum absolute atomic E-state index is 12.9. The van der Waals surface area contributed by atoms with E-state index in [2.05, 4.69) is 49.5 Å². The minimum atomic E-state index is -0.220. The van der Waals surface area contributed by atoms with E-state index in [-0.39, 0.29) is 16.7 Å². The summed E-state index contributed by atoms with van der Waals surface area (Å²) >= 11 is 0. The third kappa shape index (κ3) is 3.47. The summed E-state index contributed by atoms with van der Waals surface area (Å²) in [5.41, 5.74) is 5.60. The van der Waals surface area contributed by atoms with Crippen LogP contribution in [0.3, 0.4) is 0 Å². The van der Waals surface area contributed by atoms with Gasteiger partial charge in [0.15, 0.2) is 0 Å². The van der Waals surface area contributed by atoms with Crippen molar-refractivity contribution in [1.82, 2.24) is 10.4 Å². The molecule has 0 saturated heterocycles. The zero-order valence-electron chi connectivity index (χ0n) is 17.7. The van der Waals surface area contributed by atoms with Gasteiger partial charge in [-0.15, -0.1) is 0 Å². The predicted octanol–water partition coefficient (Wildman–Crippen LogP) is 5.46. The second kappa shape index (κ2) is 6.65. The zero-order chi connectivity index (χ0) is 20.2. The SMILES string of the molecule is CC(C)(C)/C=N/NC(=O)c1cc(C23CC4CC(CC(C4)C2)C3)c2ccccc2n1. The smallest absolute Gasteiger partial charge is 0.266 e. The minimum absolute atomic E-state index is 0.0749. The Hall–Kier alpha value is -2.23. The van der Waals surface area contributed by atoms with Crippen LogP contribution >= 0.6 is 0 Å². The van der Waals surface area contributed by atoms with Crippen LogP contribution in [0.5, 0.6) is 0 Å². The first-order valence-corrected chi connectivity index (χ1v) is 11.1. The molecule has 29 heavy (non-hydrogen) atoms. The van der Waals surface area contributed by atoms with Crippen molar-refractivity contribution in [3.05, 3.63) is 41.6 Å². The molecule has 4 fully saturated rings. The Bertz CT molecular complexity index is 950. The molecule has 4 saturated carbocycles. The lowest BCUT2D eigenvalue weighted by Gasteiger charge is -2.57. The molecule has 4 aliphatic rings. The largest absolute Gasteiger partial charge is 0.289 e. The number of benzene rings is 1. The lowest BCUT2D eigenvalue weighted by molar-refractivity contribution is -0.00453. The first-order valence-electron chi connectivity index (χ1n) is 11.1. The summed E-state index contributed by atoms with van der Waals surface area (Å²) in [5.74, 6) is 2.37. The molecule has 0 radical (unpaired) electrons. The van der Waals surface area contributed by atoms with Crippen LogP contribution in [0.2, 0.25) is 0 Å². The van der Waals surface area contributed by atoms with Crippen LogP contribution in [-0.2, 0) is 5.41 Å². The summed E-state index contributed by atoms with van der Waals surface area (Å²) in [6.07, 6.45) is 9.83. The van der Waals surface area contributed by atoms with Crippen LogP contribution in [0, 0.1) is 23.2 Å². The Kier molecular flexibility index (Phi) is 4.30. The van der Waals surface area contributed by atoms with Gasteiger partial charge in [0, 0.05) is 11.6 Å². The Morgan fingerprint density at radius 3 is 2.34 bits per heavy atom.